The van der Waals surface area contributed by atoms with Crippen LogP contribution in [-0.2, 0) is 4.74 Å². The summed E-state index contributed by atoms with van der Waals surface area (Å²) in [5.41, 5.74) is 1.94. The highest BCUT2D eigenvalue weighted by molar-refractivity contribution is 5.73. The molecular weight excluding hydrogens is 410 g/mol. The van der Waals surface area contributed by atoms with Crippen molar-refractivity contribution in [1.29, 1.82) is 0 Å². The van der Waals surface area contributed by atoms with Gasteiger partial charge in [-0.05, 0) is 45.7 Å². The number of pyridine rings is 1. The Morgan fingerprint density at radius 3 is 2.69 bits per heavy atom. The Balaban J connectivity index is 1.44. The van der Waals surface area contributed by atoms with Crippen molar-refractivity contribution in [3.63, 3.8) is 0 Å². The number of nitrogens with one attached hydrogen (secondary N) is 1. The number of hydrogen-bond donors (Lipinski definition) is 1. The Bertz CT molecular complexity index is 1350. The molecule has 1 amide bonds. The lowest BCUT2D eigenvalue weighted by molar-refractivity contribution is 0.0189. The van der Waals surface area contributed by atoms with Crippen molar-refractivity contribution in [1.82, 2.24) is 33.8 Å². The van der Waals surface area contributed by atoms with E-state index < -0.39 is 5.60 Å². The van der Waals surface area contributed by atoms with Gasteiger partial charge in [0.1, 0.15) is 22.5 Å². The van der Waals surface area contributed by atoms with Gasteiger partial charge in [-0.2, -0.15) is 0 Å². The number of hydrogen-bond acceptors (Lipinski definition) is 6. The summed E-state index contributed by atoms with van der Waals surface area (Å²) in [6.45, 7) is 6.59. The summed E-state index contributed by atoms with van der Waals surface area (Å²) in [5, 5.41) is 0. The number of rotatable bonds is 2. The van der Waals surface area contributed by atoms with Crippen LogP contribution in [0.2, 0.25) is 0 Å². The summed E-state index contributed by atoms with van der Waals surface area (Å²) >= 11 is 0. The third kappa shape index (κ3) is 3.61. The van der Waals surface area contributed by atoms with E-state index in [0.29, 0.717) is 42.9 Å². The maximum atomic E-state index is 12.8. The lowest BCUT2D eigenvalue weighted by Crippen LogP contribution is -2.43. The second-order valence-electron chi connectivity index (χ2n) is 9.00. The van der Waals surface area contributed by atoms with Crippen LogP contribution in [0.3, 0.4) is 0 Å². The number of likely N-dealkylation sites (tertiary alicyclic amines) is 1. The quantitative estimate of drug-likeness (QED) is 0.518. The monoisotopic (exact) mass is 435 g/mol. The summed E-state index contributed by atoms with van der Waals surface area (Å²) in [6.07, 6.45) is 6.22. The van der Waals surface area contributed by atoms with Crippen LogP contribution >= 0.6 is 0 Å². The molecule has 4 aromatic heterocycles. The first-order valence-corrected chi connectivity index (χ1v) is 10.7. The standard InChI is InChI=1S/C22H25N7O3/c1-22(2,3)32-21(31)27-10-7-14(8-11-27)29-19-15(25-20(29)30)12-24-18(26-19)16-13-23-17-6-4-5-9-28(16)17/h4-6,9,12-14H,7-8,10-11H2,1-3H3,(H,25,30). The van der Waals surface area contributed by atoms with Crippen LogP contribution in [-0.4, -0.2) is 58.6 Å². The number of imidazole rings is 2. The number of fused-ring (bicyclic) bond motifs is 2. The van der Waals surface area contributed by atoms with E-state index >= 15 is 0 Å². The number of aromatic nitrogens is 6. The van der Waals surface area contributed by atoms with Gasteiger partial charge in [-0.3, -0.25) is 8.97 Å². The van der Waals surface area contributed by atoms with Gasteiger partial charge in [-0.25, -0.2) is 24.5 Å². The molecule has 10 nitrogen and oxygen atoms in total. The molecular formula is C22H25N7O3. The Kier molecular flexibility index (Phi) is 4.72. The molecule has 0 aliphatic carbocycles. The van der Waals surface area contributed by atoms with Crippen molar-refractivity contribution in [2.24, 2.45) is 0 Å². The molecule has 0 aromatic carbocycles. The summed E-state index contributed by atoms with van der Waals surface area (Å²) in [7, 11) is 0. The third-order valence-corrected chi connectivity index (χ3v) is 5.58. The predicted molar refractivity (Wildman–Crippen MR) is 118 cm³/mol. The molecule has 5 heterocycles. The number of aromatic amines is 1. The minimum absolute atomic E-state index is 0.0696. The summed E-state index contributed by atoms with van der Waals surface area (Å²) < 4.78 is 9.08. The molecule has 0 unspecified atom stereocenters. The van der Waals surface area contributed by atoms with Crippen molar-refractivity contribution in [2.75, 3.05) is 13.1 Å². The first-order valence-electron chi connectivity index (χ1n) is 10.7. The molecule has 1 saturated heterocycles. The smallest absolute Gasteiger partial charge is 0.410 e. The highest BCUT2D eigenvalue weighted by Gasteiger charge is 2.29. The van der Waals surface area contributed by atoms with Crippen LogP contribution in [0.5, 0.6) is 0 Å². The fourth-order valence-corrected chi connectivity index (χ4v) is 4.11. The molecule has 0 atom stereocenters. The Morgan fingerprint density at radius 2 is 1.94 bits per heavy atom. The van der Waals surface area contributed by atoms with E-state index in [9.17, 15) is 9.59 Å². The molecule has 166 valence electrons. The largest absolute Gasteiger partial charge is 0.444 e. The maximum Gasteiger partial charge on any atom is 0.410 e. The molecule has 5 rings (SSSR count). The van der Waals surface area contributed by atoms with Crippen LogP contribution in [0.15, 0.2) is 41.6 Å². The van der Waals surface area contributed by atoms with E-state index in [1.54, 1.807) is 21.9 Å². The highest BCUT2D eigenvalue weighted by atomic mass is 16.6. The summed E-state index contributed by atoms with van der Waals surface area (Å²) in [4.78, 5) is 43.3. The van der Waals surface area contributed by atoms with Gasteiger partial charge in [0.25, 0.3) is 0 Å². The van der Waals surface area contributed by atoms with Crippen molar-refractivity contribution in [3.8, 4) is 11.5 Å². The molecule has 0 bridgehead atoms. The number of piperidine rings is 1. The van der Waals surface area contributed by atoms with Gasteiger partial charge in [-0.15, -0.1) is 0 Å². The van der Waals surface area contributed by atoms with E-state index in [-0.39, 0.29) is 17.8 Å². The summed E-state index contributed by atoms with van der Waals surface area (Å²) in [5.74, 6) is 0.496. The van der Waals surface area contributed by atoms with E-state index in [4.69, 9.17) is 9.72 Å². The molecule has 0 spiro atoms. The van der Waals surface area contributed by atoms with Crippen molar-refractivity contribution in [3.05, 3.63) is 47.3 Å². The van der Waals surface area contributed by atoms with Gasteiger partial charge >= 0.3 is 11.8 Å². The molecule has 32 heavy (non-hydrogen) atoms. The Morgan fingerprint density at radius 1 is 1.16 bits per heavy atom. The number of amides is 1. The van der Waals surface area contributed by atoms with Crippen LogP contribution in [0.25, 0.3) is 28.3 Å². The maximum absolute atomic E-state index is 12.8. The molecule has 1 N–H and O–H groups in total. The van der Waals surface area contributed by atoms with Crippen LogP contribution in [0.4, 0.5) is 4.79 Å². The van der Waals surface area contributed by atoms with Crippen LogP contribution in [0.1, 0.15) is 39.7 Å². The van der Waals surface area contributed by atoms with Gasteiger partial charge in [0.2, 0.25) is 0 Å². The Hall–Kier alpha value is -3.69. The topological polar surface area (TPSA) is 110 Å². The van der Waals surface area contributed by atoms with Crippen molar-refractivity contribution >= 4 is 22.9 Å². The fourth-order valence-electron chi connectivity index (χ4n) is 4.11. The molecule has 1 aliphatic heterocycles. The van der Waals surface area contributed by atoms with Crippen LogP contribution in [0, 0.1) is 0 Å². The van der Waals surface area contributed by atoms with E-state index in [0.717, 1.165) is 11.3 Å². The average molecular weight is 435 g/mol. The second-order valence-corrected chi connectivity index (χ2v) is 9.00. The molecule has 0 saturated carbocycles. The van der Waals surface area contributed by atoms with E-state index in [1.165, 1.54) is 0 Å². The van der Waals surface area contributed by atoms with Gasteiger partial charge in [0, 0.05) is 25.3 Å². The van der Waals surface area contributed by atoms with Gasteiger partial charge in [0.15, 0.2) is 11.5 Å². The first-order chi connectivity index (χ1) is 15.3. The van der Waals surface area contributed by atoms with Crippen molar-refractivity contribution in [2.45, 2.75) is 45.3 Å². The highest BCUT2D eigenvalue weighted by Crippen LogP contribution is 2.26. The molecule has 4 aromatic rings. The first kappa shape index (κ1) is 20.2. The van der Waals surface area contributed by atoms with Crippen molar-refractivity contribution < 1.29 is 9.53 Å². The summed E-state index contributed by atoms with van der Waals surface area (Å²) in [6, 6.07) is 5.68. The zero-order chi connectivity index (χ0) is 22.5. The second kappa shape index (κ2) is 7.47. The number of carbonyl (C=O) groups excluding carboxylic acids is 1. The number of H-pyrrole nitrogens is 1. The molecule has 1 aliphatic rings. The number of nitrogens with zero attached hydrogens (tertiary/aromatic N) is 6. The Labute approximate surface area is 183 Å². The molecule has 10 heteroatoms. The molecule has 1 fully saturated rings. The van der Waals surface area contributed by atoms with E-state index in [1.807, 2.05) is 49.6 Å². The number of carbonyl (C=O) groups is 1. The lowest BCUT2D eigenvalue weighted by atomic mass is 10.1. The lowest BCUT2D eigenvalue weighted by Gasteiger charge is -2.33. The van der Waals surface area contributed by atoms with E-state index in [2.05, 4.69) is 15.0 Å². The van der Waals surface area contributed by atoms with Gasteiger partial charge in [0.05, 0.1) is 12.4 Å². The number of ether oxygens (including phenoxy) is 1. The minimum atomic E-state index is -0.535. The minimum Gasteiger partial charge on any atom is -0.444 e. The third-order valence-electron chi connectivity index (χ3n) is 5.58. The zero-order valence-corrected chi connectivity index (χ0v) is 18.3. The van der Waals surface area contributed by atoms with Gasteiger partial charge in [-0.1, -0.05) is 6.07 Å². The average Bonchev–Trinajstić information content (AvgIpc) is 3.32. The zero-order valence-electron chi connectivity index (χ0n) is 18.3. The SMILES string of the molecule is CC(C)(C)OC(=O)N1CCC(n2c(=O)[nH]c3cnc(-c4cnc5ccccn45)nc32)CC1. The van der Waals surface area contributed by atoms with Gasteiger partial charge < -0.3 is 14.6 Å². The predicted octanol–water partition coefficient (Wildman–Crippen LogP) is 3.01. The van der Waals surface area contributed by atoms with Crippen LogP contribution < -0.4 is 5.69 Å². The molecule has 0 radical (unpaired) electrons. The fraction of sp³-hybridized carbons (Fsp3) is 0.409. The normalized spacial score (nSPS) is 15.5.